The highest BCUT2D eigenvalue weighted by Crippen LogP contribution is 2.64. The van der Waals surface area contributed by atoms with Crippen LogP contribution >= 0.6 is 7.60 Å². The van der Waals surface area contributed by atoms with Gasteiger partial charge in [0, 0.05) is 0 Å². The summed E-state index contributed by atoms with van der Waals surface area (Å²) in [6.45, 7) is 13.2. The predicted molar refractivity (Wildman–Crippen MR) is 145 cm³/mol. The van der Waals surface area contributed by atoms with Gasteiger partial charge in [-0.25, -0.2) is 0 Å². The first-order valence-corrected chi connectivity index (χ1v) is 15.5. The fourth-order valence-electron chi connectivity index (χ4n) is 6.19. The standard InChI is InChI=1S/C29H49O6P/c1-18(2)23-12-9-20(5)15-26(23)34-36(31,35-27-16-21(6)10-13-24(27)19(3)4)29(30)22-11-14-25(32-7)28(17-22)33-8/h11,14,17-21,23-24,26-27,29-30H,9-10,12-13,15-16H2,1-8H3/t20-,21-,23-,24-,26-,27-,29-/m1/s1. The molecule has 0 bridgehead atoms. The Balaban J connectivity index is 2.00. The molecule has 3 rings (SSSR count). The van der Waals surface area contributed by atoms with Gasteiger partial charge in [-0.15, -0.1) is 0 Å². The van der Waals surface area contributed by atoms with Crippen molar-refractivity contribution in [3.8, 4) is 11.5 Å². The van der Waals surface area contributed by atoms with E-state index < -0.39 is 13.4 Å². The third kappa shape index (κ3) is 6.87. The lowest BCUT2D eigenvalue weighted by Gasteiger charge is -2.42. The molecule has 7 atom stereocenters. The molecule has 2 fully saturated rings. The Hall–Kier alpha value is -1.07. The van der Waals surface area contributed by atoms with E-state index in [1.165, 1.54) is 0 Å². The summed E-state index contributed by atoms with van der Waals surface area (Å²) >= 11 is 0. The van der Waals surface area contributed by atoms with Gasteiger partial charge in [0.05, 0.1) is 26.4 Å². The van der Waals surface area contributed by atoms with Crippen molar-refractivity contribution in [2.75, 3.05) is 14.2 Å². The molecule has 0 aliphatic heterocycles. The van der Waals surface area contributed by atoms with Crippen LogP contribution in [0.2, 0.25) is 0 Å². The quantitative estimate of drug-likeness (QED) is 0.314. The van der Waals surface area contributed by atoms with E-state index in [0.717, 1.165) is 38.5 Å². The average molecular weight is 525 g/mol. The first-order chi connectivity index (χ1) is 17.0. The number of aliphatic hydroxyl groups is 1. The Bertz CT molecular complexity index is 849. The SMILES string of the molecule is COc1ccc([C@H](O)P(=O)(O[C@@H]2C[C@H](C)CC[C@@H]2C(C)C)O[C@@H]2C[C@H](C)CC[C@@H]2C(C)C)cc1OC. The minimum Gasteiger partial charge on any atom is -0.493 e. The number of methoxy groups -OCH3 is 2. The van der Waals surface area contributed by atoms with Crippen molar-refractivity contribution in [3.63, 3.8) is 0 Å². The normalized spacial score (nSPS) is 30.4. The van der Waals surface area contributed by atoms with Gasteiger partial charge < -0.3 is 23.6 Å². The van der Waals surface area contributed by atoms with Crippen LogP contribution in [0.4, 0.5) is 0 Å². The van der Waals surface area contributed by atoms with E-state index in [1.54, 1.807) is 32.4 Å². The van der Waals surface area contributed by atoms with Crippen LogP contribution in [0.25, 0.3) is 0 Å². The van der Waals surface area contributed by atoms with Crippen LogP contribution in [0.5, 0.6) is 11.5 Å². The number of rotatable bonds is 10. The van der Waals surface area contributed by atoms with Gasteiger partial charge in [0.2, 0.25) is 0 Å². The lowest BCUT2D eigenvalue weighted by Crippen LogP contribution is -2.37. The number of benzene rings is 1. The highest BCUT2D eigenvalue weighted by molar-refractivity contribution is 7.54. The molecular formula is C29H49O6P. The van der Waals surface area contributed by atoms with Crippen molar-refractivity contribution >= 4 is 7.60 Å². The van der Waals surface area contributed by atoms with Crippen molar-refractivity contribution < 1.29 is 28.2 Å². The molecule has 1 aromatic carbocycles. The molecule has 1 N–H and O–H groups in total. The maximum Gasteiger partial charge on any atom is 0.363 e. The van der Waals surface area contributed by atoms with Crippen molar-refractivity contribution in [3.05, 3.63) is 23.8 Å². The molecule has 6 nitrogen and oxygen atoms in total. The van der Waals surface area contributed by atoms with Gasteiger partial charge in [-0.3, -0.25) is 4.57 Å². The van der Waals surface area contributed by atoms with E-state index in [0.29, 0.717) is 40.7 Å². The lowest BCUT2D eigenvalue weighted by molar-refractivity contribution is -0.0154. The zero-order valence-electron chi connectivity index (χ0n) is 23.6. The van der Waals surface area contributed by atoms with E-state index in [1.807, 2.05) is 0 Å². The summed E-state index contributed by atoms with van der Waals surface area (Å²) in [6, 6.07) is 5.12. The van der Waals surface area contributed by atoms with Crippen molar-refractivity contribution in [2.45, 2.75) is 98.1 Å². The van der Waals surface area contributed by atoms with Crippen LogP contribution in [0, 0.1) is 35.5 Å². The lowest BCUT2D eigenvalue weighted by atomic mass is 9.75. The van der Waals surface area contributed by atoms with Crippen LogP contribution in [-0.4, -0.2) is 31.5 Å². The highest BCUT2D eigenvalue weighted by Gasteiger charge is 2.46. The van der Waals surface area contributed by atoms with Gasteiger partial charge in [-0.1, -0.05) is 60.5 Å². The van der Waals surface area contributed by atoms with Crippen molar-refractivity contribution in [2.24, 2.45) is 35.5 Å². The van der Waals surface area contributed by atoms with Gasteiger partial charge >= 0.3 is 7.60 Å². The summed E-state index contributed by atoms with van der Waals surface area (Å²) in [5.74, 6) is 1.92. The second kappa shape index (κ2) is 12.7. The Morgan fingerprint density at radius 1 is 0.806 bits per heavy atom. The summed E-state index contributed by atoms with van der Waals surface area (Å²) in [7, 11) is -0.854. The van der Waals surface area contributed by atoms with E-state index in [-0.39, 0.29) is 24.0 Å². The minimum absolute atomic E-state index is 0.215. The molecule has 0 radical (unpaired) electrons. The number of ether oxygens (including phenoxy) is 2. The van der Waals surface area contributed by atoms with Gasteiger partial charge in [0.1, 0.15) is 0 Å². The van der Waals surface area contributed by atoms with Gasteiger partial charge in [-0.05, 0) is 78.9 Å². The smallest absolute Gasteiger partial charge is 0.363 e. The van der Waals surface area contributed by atoms with Crippen LogP contribution in [0.15, 0.2) is 18.2 Å². The summed E-state index contributed by atoms with van der Waals surface area (Å²) in [5.41, 5.74) is 0.450. The molecular weight excluding hydrogens is 475 g/mol. The molecule has 7 heteroatoms. The first kappa shape index (κ1) is 29.5. The Labute approximate surface area is 219 Å². The molecule has 2 aliphatic carbocycles. The number of hydrogen-bond donors (Lipinski definition) is 1. The van der Waals surface area contributed by atoms with Crippen molar-refractivity contribution in [1.29, 1.82) is 0 Å². The Kier molecular flexibility index (Phi) is 10.4. The molecule has 36 heavy (non-hydrogen) atoms. The molecule has 206 valence electrons. The first-order valence-electron chi connectivity index (χ1n) is 13.9. The second-order valence-electron chi connectivity index (χ2n) is 12.0. The topological polar surface area (TPSA) is 74.2 Å². The molecule has 0 spiro atoms. The largest absolute Gasteiger partial charge is 0.493 e. The summed E-state index contributed by atoms with van der Waals surface area (Å²) in [4.78, 5) is 0. The third-order valence-electron chi connectivity index (χ3n) is 8.49. The number of aliphatic hydroxyl groups excluding tert-OH is 1. The van der Waals surface area contributed by atoms with E-state index in [9.17, 15) is 9.67 Å². The predicted octanol–water partition coefficient (Wildman–Crippen LogP) is 7.84. The van der Waals surface area contributed by atoms with E-state index in [2.05, 4.69) is 41.5 Å². The maximum absolute atomic E-state index is 14.8. The van der Waals surface area contributed by atoms with Gasteiger partial charge in [0.25, 0.3) is 0 Å². The van der Waals surface area contributed by atoms with E-state index in [4.69, 9.17) is 18.5 Å². The molecule has 1 aromatic rings. The Morgan fingerprint density at radius 2 is 1.28 bits per heavy atom. The fourth-order valence-corrected chi connectivity index (χ4v) is 8.23. The number of hydrogen-bond acceptors (Lipinski definition) is 6. The Morgan fingerprint density at radius 3 is 1.69 bits per heavy atom. The summed E-state index contributed by atoms with van der Waals surface area (Å²) < 4.78 is 38.7. The van der Waals surface area contributed by atoms with E-state index >= 15 is 0 Å². The molecule has 0 amide bonds. The molecule has 2 aliphatic rings. The third-order valence-corrected chi connectivity index (χ3v) is 10.5. The second-order valence-corrected chi connectivity index (χ2v) is 14.0. The monoisotopic (exact) mass is 524 g/mol. The van der Waals surface area contributed by atoms with Crippen LogP contribution in [0.1, 0.15) is 91.5 Å². The molecule has 0 unspecified atom stereocenters. The minimum atomic E-state index is -3.97. The maximum atomic E-state index is 14.8. The van der Waals surface area contributed by atoms with Gasteiger partial charge in [-0.2, -0.15) is 0 Å². The fraction of sp³-hybridized carbons (Fsp3) is 0.793. The zero-order valence-corrected chi connectivity index (χ0v) is 24.5. The molecule has 2 saturated carbocycles. The molecule has 0 heterocycles. The molecule has 0 aromatic heterocycles. The average Bonchev–Trinajstić information content (AvgIpc) is 2.82. The van der Waals surface area contributed by atoms with Crippen LogP contribution in [-0.2, 0) is 13.6 Å². The zero-order chi connectivity index (χ0) is 26.6. The summed E-state index contributed by atoms with van der Waals surface area (Å²) in [6.07, 6.45) is 5.56. The highest BCUT2D eigenvalue weighted by atomic mass is 31.2. The van der Waals surface area contributed by atoms with Gasteiger partial charge in [0.15, 0.2) is 17.3 Å². The van der Waals surface area contributed by atoms with Crippen LogP contribution in [0.3, 0.4) is 0 Å². The molecule has 0 saturated heterocycles. The van der Waals surface area contributed by atoms with Crippen LogP contribution < -0.4 is 9.47 Å². The van der Waals surface area contributed by atoms with Crippen molar-refractivity contribution in [1.82, 2.24) is 0 Å². The summed E-state index contributed by atoms with van der Waals surface area (Å²) in [5, 5.41) is 11.7.